The van der Waals surface area contributed by atoms with Crippen LogP contribution in [0.4, 0.5) is 0 Å². The molecule has 5 heterocycles. The molecule has 33 heteroatoms. The molecule has 3 amide bonds. The summed E-state index contributed by atoms with van der Waals surface area (Å²) in [4.78, 5) is 51.6. The molecule has 0 aliphatic carbocycles. The molecule has 0 unspecified atom stereocenters. The van der Waals surface area contributed by atoms with Crippen LogP contribution in [-0.4, -0.2) is 292 Å². The SMILES string of the molecule is C=CCCCCCCCCC(=O)N[C@@H]1O[C@H](CO)[C@@H](O[C@@H]2O[C@H](CO)[C@H](O[C@@H]3O[C@H](CO)[C@H](O)[C@H](O[C@@H]4O[C@H](CO)[C@H](O)[C@H](O)[C@H]4O)[C@H]3NC(C)=O)[C@H](O[C@]3(C(=O)[O-])C[C@H](O)[C@@H](NC(C)=O)[C@H]([C@H](O)[C@@H](O)CO)O3)[C@H]2O)[C@H](O)[C@H]1O.[Na+]. The Morgan fingerprint density at radius 3 is 1.70 bits per heavy atom. The summed E-state index contributed by atoms with van der Waals surface area (Å²) >= 11 is 0. The van der Waals surface area contributed by atoms with Gasteiger partial charge in [-0.25, -0.2) is 0 Å². The predicted octanol–water partition coefficient (Wildman–Crippen LogP) is -13.3. The monoisotopic (exact) mass is 1190 g/mol. The van der Waals surface area contributed by atoms with Gasteiger partial charge in [-0.1, -0.05) is 31.8 Å². The van der Waals surface area contributed by atoms with E-state index in [1.165, 1.54) is 0 Å². The second kappa shape index (κ2) is 33.0. The number of carboxylic acids is 1. The van der Waals surface area contributed by atoms with Gasteiger partial charge in [0.1, 0.15) is 122 Å². The van der Waals surface area contributed by atoms with E-state index in [9.17, 15) is 101 Å². The minimum atomic E-state index is -3.46. The molecule has 0 aromatic heterocycles. The number of amides is 3. The van der Waals surface area contributed by atoms with Crippen molar-refractivity contribution in [3.8, 4) is 0 Å². The first-order valence-electron chi connectivity index (χ1n) is 26.4. The van der Waals surface area contributed by atoms with Crippen molar-refractivity contribution < 1.29 is 173 Å². The van der Waals surface area contributed by atoms with Gasteiger partial charge in [0.05, 0.1) is 45.2 Å². The van der Waals surface area contributed by atoms with Gasteiger partial charge < -0.3 is 145 Å². The summed E-state index contributed by atoms with van der Waals surface area (Å²) in [5, 5.41) is 184. The molecule has 5 aliphatic heterocycles. The Kier molecular flexibility index (Phi) is 29.0. The van der Waals surface area contributed by atoms with E-state index in [4.69, 9.17) is 42.6 Å². The third kappa shape index (κ3) is 17.7. The number of ether oxygens (including phenoxy) is 9. The number of hydrogen-bond donors (Lipinski definition) is 18. The summed E-state index contributed by atoms with van der Waals surface area (Å²) in [6.07, 6.45) is -41.0. The standard InChI is InChI=1S/C48H81N3O29.Na/c1-4-5-6-7-8-9-10-11-12-27(61)51-43-35(67)34(66)38(25(17-55)72-43)76-46-37(69)42(80-48(47(70)71)13-21(59)28(49-19(2)57)41(79-48)30(62)22(60)14-52)39(26(18-56)75-46)77-44-29(50-20(3)58)40(32(64)24(16-54)73-44)78-45-36(68)33(65)31(63)23(15-53)74-45;/h4,21-26,28-46,52-56,59-60,62-69H,1,5-18H2,2-3H3,(H,49,57)(H,50,58)(H,51,61)(H,70,71);/q;+1/p-1/t21-,22-,23+,24+,25+,26+,28+,29+,30+,31-,32-,33-,34+,35+,36+,37+,38+,39-,40+,41+,42+,43+,44-,45-,46-,48-;/m0./s1. The van der Waals surface area contributed by atoms with Crippen molar-refractivity contribution in [2.45, 2.75) is 231 Å². The van der Waals surface area contributed by atoms with E-state index < -0.39 is 222 Å². The third-order valence-corrected chi connectivity index (χ3v) is 14.5. The third-order valence-electron chi connectivity index (χ3n) is 14.5. The van der Waals surface area contributed by atoms with E-state index in [0.717, 1.165) is 46.0 Å². The fourth-order valence-corrected chi connectivity index (χ4v) is 10.2. The summed E-state index contributed by atoms with van der Waals surface area (Å²) in [6, 6.07) is -3.66. The van der Waals surface area contributed by atoms with Crippen LogP contribution in [0, 0.1) is 0 Å². The first-order chi connectivity index (χ1) is 37.9. The first kappa shape index (κ1) is 71.1. The molecule has 5 rings (SSSR count). The Bertz CT molecular complexity index is 1970. The number of carboxylic acid groups (broad SMARTS) is 1. The average molecular weight is 1190 g/mol. The molecule has 26 atom stereocenters. The zero-order valence-electron chi connectivity index (χ0n) is 45.0. The fraction of sp³-hybridized carbons (Fsp3) is 0.875. The molecule has 0 aromatic carbocycles. The van der Waals surface area contributed by atoms with Crippen molar-refractivity contribution in [2.75, 3.05) is 33.0 Å². The second-order valence-electron chi connectivity index (χ2n) is 20.4. The van der Waals surface area contributed by atoms with Crippen LogP contribution in [0.2, 0.25) is 0 Å². The van der Waals surface area contributed by atoms with Crippen LogP contribution < -0.4 is 50.6 Å². The second-order valence-corrected chi connectivity index (χ2v) is 20.4. The van der Waals surface area contributed by atoms with Gasteiger partial charge in [0.15, 0.2) is 25.1 Å². The van der Waals surface area contributed by atoms with Gasteiger partial charge in [-0.2, -0.15) is 0 Å². The molecule has 5 aliphatic rings. The molecule has 32 nitrogen and oxygen atoms in total. The topological polar surface area (TPSA) is 514 Å². The van der Waals surface area contributed by atoms with E-state index in [1.807, 2.05) is 6.08 Å². The first-order valence-corrected chi connectivity index (χ1v) is 26.4. The summed E-state index contributed by atoms with van der Waals surface area (Å²) in [5.74, 6) is -8.23. The quantitative estimate of drug-likeness (QED) is 0.0196. The van der Waals surface area contributed by atoms with Gasteiger partial charge in [-0.3, -0.25) is 14.4 Å². The molecule has 0 radical (unpaired) electrons. The van der Waals surface area contributed by atoms with Gasteiger partial charge in [-0.15, -0.1) is 6.58 Å². The van der Waals surface area contributed by atoms with Crippen LogP contribution >= 0.6 is 0 Å². The zero-order chi connectivity index (χ0) is 59.3. The number of carbonyl (C=O) groups excluding carboxylic acids is 4. The maximum atomic E-state index is 13.5. The number of aliphatic hydroxyl groups excluding tert-OH is 15. The van der Waals surface area contributed by atoms with Gasteiger partial charge in [0.25, 0.3) is 0 Å². The smallest absolute Gasteiger partial charge is 0.544 e. The summed E-state index contributed by atoms with van der Waals surface area (Å²) < 4.78 is 52.9. The van der Waals surface area contributed by atoms with Crippen molar-refractivity contribution in [1.29, 1.82) is 0 Å². The number of carbonyl (C=O) groups is 4. The van der Waals surface area contributed by atoms with E-state index in [2.05, 4.69) is 22.5 Å². The van der Waals surface area contributed by atoms with E-state index in [1.54, 1.807) is 0 Å². The Hall–Kier alpha value is -2.34. The van der Waals surface area contributed by atoms with Gasteiger partial charge in [-0.05, 0) is 19.3 Å². The Labute approximate surface area is 487 Å². The number of hydrogen-bond acceptors (Lipinski definition) is 29. The molecule has 0 spiro atoms. The van der Waals surface area contributed by atoms with E-state index in [-0.39, 0.29) is 36.0 Å². The van der Waals surface area contributed by atoms with Crippen LogP contribution in [0.25, 0.3) is 0 Å². The largest absolute Gasteiger partial charge is 1.00 e. The zero-order valence-corrected chi connectivity index (χ0v) is 47.0. The molecular weight excluding hydrogens is 1110 g/mol. The van der Waals surface area contributed by atoms with Gasteiger partial charge >= 0.3 is 29.6 Å². The van der Waals surface area contributed by atoms with Crippen molar-refractivity contribution >= 4 is 23.7 Å². The van der Waals surface area contributed by atoms with Crippen molar-refractivity contribution in [2.24, 2.45) is 0 Å². The molecular formula is C48H80N3NaO29. The summed E-state index contributed by atoms with van der Waals surface area (Å²) in [6.45, 7) is 0.147. The molecule has 0 aromatic rings. The van der Waals surface area contributed by atoms with Crippen LogP contribution in [0.15, 0.2) is 12.7 Å². The minimum absolute atomic E-state index is 0. The number of aliphatic carboxylic acids is 1. The average Bonchev–Trinajstić information content (AvgIpc) is 3.62. The van der Waals surface area contributed by atoms with E-state index in [0.29, 0.717) is 12.8 Å². The minimum Gasteiger partial charge on any atom is -0.544 e. The van der Waals surface area contributed by atoms with Gasteiger partial charge in [0, 0.05) is 26.7 Å². The molecule has 462 valence electrons. The van der Waals surface area contributed by atoms with E-state index >= 15 is 0 Å². The number of nitrogens with one attached hydrogen (secondary N) is 3. The number of unbranched alkanes of at least 4 members (excludes halogenated alkanes) is 6. The fourth-order valence-electron chi connectivity index (χ4n) is 10.2. The predicted molar refractivity (Wildman–Crippen MR) is 257 cm³/mol. The molecule has 81 heavy (non-hydrogen) atoms. The van der Waals surface area contributed by atoms with Crippen molar-refractivity contribution in [1.82, 2.24) is 16.0 Å². The number of rotatable bonds is 28. The van der Waals surface area contributed by atoms with Gasteiger partial charge in [0.2, 0.25) is 23.5 Å². The number of allylic oxidation sites excluding steroid dienone is 1. The molecule has 0 saturated carbocycles. The van der Waals surface area contributed by atoms with Crippen LogP contribution in [0.3, 0.4) is 0 Å². The molecule has 5 fully saturated rings. The summed E-state index contributed by atoms with van der Waals surface area (Å²) in [5.41, 5.74) is 0. The number of aliphatic hydroxyl groups is 15. The van der Waals surface area contributed by atoms with Crippen molar-refractivity contribution in [3.63, 3.8) is 0 Å². The molecule has 18 N–H and O–H groups in total. The maximum Gasteiger partial charge on any atom is 1.00 e. The van der Waals surface area contributed by atoms with Crippen LogP contribution in [0.1, 0.15) is 71.6 Å². The van der Waals surface area contributed by atoms with Crippen LogP contribution in [0.5, 0.6) is 0 Å². The molecule has 0 bridgehead atoms. The Balaban J connectivity index is 0.0000141. The normalized spacial score (nSPS) is 40.7. The Morgan fingerprint density at radius 2 is 1.12 bits per heavy atom. The van der Waals surface area contributed by atoms with Crippen LogP contribution in [-0.2, 0) is 61.8 Å². The summed E-state index contributed by atoms with van der Waals surface area (Å²) in [7, 11) is 0. The Morgan fingerprint density at radius 1 is 0.605 bits per heavy atom. The maximum absolute atomic E-state index is 13.5. The van der Waals surface area contributed by atoms with Crippen molar-refractivity contribution in [3.05, 3.63) is 12.7 Å². The molecule has 5 saturated heterocycles.